The van der Waals surface area contributed by atoms with Gasteiger partial charge in [0.25, 0.3) is 5.91 Å². The summed E-state index contributed by atoms with van der Waals surface area (Å²) < 4.78 is 11.1. The van der Waals surface area contributed by atoms with Crippen LogP contribution in [-0.2, 0) is 0 Å². The summed E-state index contributed by atoms with van der Waals surface area (Å²) in [5.74, 6) is 0.298. The van der Waals surface area contributed by atoms with Gasteiger partial charge in [-0.2, -0.15) is 5.10 Å². The monoisotopic (exact) mass is 460 g/mol. The van der Waals surface area contributed by atoms with E-state index in [1.165, 1.54) is 32.6 Å². The summed E-state index contributed by atoms with van der Waals surface area (Å²) in [5.41, 5.74) is 3.10. The zero-order valence-corrected chi connectivity index (χ0v) is 15.8. The minimum absolute atomic E-state index is 0.115. The van der Waals surface area contributed by atoms with Crippen LogP contribution in [0.15, 0.2) is 35.4 Å². The van der Waals surface area contributed by atoms with Crippen LogP contribution in [-0.4, -0.2) is 31.4 Å². The molecule has 0 aromatic heterocycles. The van der Waals surface area contributed by atoms with Crippen LogP contribution in [0, 0.1) is 3.57 Å². The van der Waals surface area contributed by atoms with E-state index >= 15 is 0 Å². The van der Waals surface area contributed by atoms with Crippen molar-refractivity contribution >= 4 is 46.3 Å². The first-order valence-corrected chi connectivity index (χ1v) is 8.15. The number of halogens is 2. The van der Waals surface area contributed by atoms with Gasteiger partial charge in [-0.25, -0.2) is 5.43 Å². The maximum atomic E-state index is 12.1. The van der Waals surface area contributed by atoms with Crippen LogP contribution in [0.5, 0.6) is 17.2 Å². The molecule has 0 aliphatic heterocycles. The summed E-state index contributed by atoms with van der Waals surface area (Å²) >= 11 is 8.04. The van der Waals surface area contributed by atoms with Crippen molar-refractivity contribution < 1.29 is 19.4 Å². The number of nitrogens with one attached hydrogen (secondary N) is 1. The van der Waals surface area contributed by atoms with E-state index in [1.807, 2.05) is 0 Å². The molecule has 0 bridgehead atoms. The molecule has 0 saturated carbocycles. The minimum Gasteiger partial charge on any atom is -0.504 e. The molecule has 0 aliphatic carbocycles. The number of benzene rings is 2. The van der Waals surface area contributed by atoms with Crippen LogP contribution in [0.3, 0.4) is 0 Å². The Morgan fingerprint density at radius 2 is 1.96 bits per heavy atom. The fourth-order valence-corrected chi connectivity index (χ4v) is 2.65. The Labute approximate surface area is 157 Å². The zero-order valence-electron chi connectivity index (χ0n) is 12.8. The van der Waals surface area contributed by atoms with E-state index in [1.54, 1.807) is 18.2 Å². The summed E-state index contributed by atoms with van der Waals surface area (Å²) in [6.45, 7) is 0. The fourth-order valence-electron chi connectivity index (χ4n) is 1.87. The Balaban J connectivity index is 2.14. The van der Waals surface area contributed by atoms with Crippen molar-refractivity contribution in [3.8, 4) is 17.2 Å². The Morgan fingerprint density at radius 3 is 2.62 bits per heavy atom. The average Bonchev–Trinajstić information content (AvgIpc) is 2.57. The lowest BCUT2D eigenvalue weighted by Crippen LogP contribution is -2.17. The van der Waals surface area contributed by atoms with Crippen LogP contribution in [0.4, 0.5) is 0 Å². The number of amides is 1. The molecule has 0 saturated heterocycles. The molecule has 0 unspecified atom stereocenters. The number of hydrogen-bond acceptors (Lipinski definition) is 5. The highest BCUT2D eigenvalue weighted by Gasteiger charge is 2.10. The van der Waals surface area contributed by atoms with Crippen LogP contribution in [0.2, 0.25) is 5.02 Å². The SMILES string of the molecule is COc1cc(C(=O)N/N=C/c2cc(Cl)cc(OC)c2O)ccc1I. The van der Waals surface area contributed by atoms with Gasteiger partial charge in [-0.1, -0.05) is 11.6 Å². The number of carbonyl (C=O) groups is 1. The van der Waals surface area contributed by atoms with Crippen molar-refractivity contribution in [2.75, 3.05) is 14.2 Å². The molecule has 0 spiro atoms. The summed E-state index contributed by atoms with van der Waals surface area (Å²) in [6.07, 6.45) is 1.28. The van der Waals surface area contributed by atoms with Crippen molar-refractivity contribution in [3.63, 3.8) is 0 Å². The lowest BCUT2D eigenvalue weighted by molar-refractivity contribution is 0.0954. The quantitative estimate of drug-likeness (QED) is 0.407. The molecule has 2 aromatic carbocycles. The molecule has 1 amide bonds. The van der Waals surface area contributed by atoms with Crippen molar-refractivity contribution in [3.05, 3.63) is 50.1 Å². The molecule has 126 valence electrons. The highest BCUT2D eigenvalue weighted by Crippen LogP contribution is 2.32. The van der Waals surface area contributed by atoms with Gasteiger partial charge in [0.2, 0.25) is 0 Å². The van der Waals surface area contributed by atoms with E-state index in [0.29, 0.717) is 21.9 Å². The van der Waals surface area contributed by atoms with E-state index in [-0.39, 0.29) is 11.5 Å². The number of hydrazone groups is 1. The second-order valence-corrected chi connectivity index (χ2v) is 6.19. The summed E-state index contributed by atoms with van der Waals surface area (Å²) in [7, 11) is 2.95. The van der Waals surface area contributed by atoms with E-state index in [2.05, 4.69) is 33.1 Å². The smallest absolute Gasteiger partial charge is 0.271 e. The normalized spacial score (nSPS) is 10.7. The molecule has 2 aromatic rings. The molecule has 0 heterocycles. The Morgan fingerprint density at radius 1 is 1.25 bits per heavy atom. The fraction of sp³-hybridized carbons (Fsp3) is 0.125. The van der Waals surface area contributed by atoms with Gasteiger partial charge in [0.15, 0.2) is 11.5 Å². The highest BCUT2D eigenvalue weighted by molar-refractivity contribution is 14.1. The lowest BCUT2D eigenvalue weighted by atomic mass is 10.2. The standard InChI is InChI=1S/C16H14ClIN2O4/c1-23-13-6-9(3-4-12(13)18)16(22)20-19-8-10-5-11(17)7-14(24-2)15(10)21/h3-8,21H,1-2H3,(H,20,22)/b19-8+. The molecule has 0 aliphatic rings. The van der Waals surface area contributed by atoms with Crippen LogP contribution < -0.4 is 14.9 Å². The second-order valence-electron chi connectivity index (χ2n) is 4.59. The van der Waals surface area contributed by atoms with Crippen LogP contribution in [0.25, 0.3) is 0 Å². The van der Waals surface area contributed by atoms with Crippen molar-refractivity contribution in [2.45, 2.75) is 0 Å². The topological polar surface area (TPSA) is 80.2 Å². The molecule has 2 N–H and O–H groups in total. The summed E-state index contributed by atoms with van der Waals surface area (Å²) in [5, 5.41) is 14.2. The Kier molecular flexibility index (Phi) is 6.27. The maximum absolute atomic E-state index is 12.1. The predicted octanol–water partition coefficient (Wildman–Crippen LogP) is 3.43. The second kappa shape index (κ2) is 8.20. The number of ether oxygens (including phenoxy) is 2. The van der Waals surface area contributed by atoms with E-state index in [0.717, 1.165) is 3.57 Å². The third-order valence-electron chi connectivity index (χ3n) is 3.07. The van der Waals surface area contributed by atoms with Gasteiger partial charge in [-0.3, -0.25) is 4.79 Å². The first-order valence-electron chi connectivity index (χ1n) is 6.69. The van der Waals surface area contributed by atoms with E-state index in [9.17, 15) is 9.90 Å². The molecule has 0 fully saturated rings. The average molecular weight is 461 g/mol. The van der Waals surface area contributed by atoms with E-state index < -0.39 is 5.91 Å². The first kappa shape index (κ1) is 18.3. The number of aromatic hydroxyl groups is 1. The van der Waals surface area contributed by atoms with Gasteiger partial charge < -0.3 is 14.6 Å². The van der Waals surface area contributed by atoms with Crippen molar-refractivity contribution in [1.82, 2.24) is 5.43 Å². The zero-order chi connectivity index (χ0) is 17.7. The third-order valence-corrected chi connectivity index (χ3v) is 4.18. The van der Waals surface area contributed by atoms with Gasteiger partial charge >= 0.3 is 0 Å². The molecule has 2 rings (SSSR count). The van der Waals surface area contributed by atoms with Gasteiger partial charge in [-0.05, 0) is 46.9 Å². The largest absolute Gasteiger partial charge is 0.504 e. The highest BCUT2D eigenvalue weighted by atomic mass is 127. The number of methoxy groups -OCH3 is 2. The molecule has 0 radical (unpaired) electrons. The first-order chi connectivity index (χ1) is 11.5. The lowest BCUT2D eigenvalue weighted by Gasteiger charge is -2.07. The predicted molar refractivity (Wildman–Crippen MR) is 100 cm³/mol. The molecule has 0 atom stereocenters. The van der Waals surface area contributed by atoms with Gasteiger partial charge in [0.05, 0.1) is 24.0 Å². The van der Waals surface area contributed by atoms with Crippen LogP contribution in [0.1, 0.15) is 15.9 Å². The summed E-state index contributed by atoms with van der Waals surface area (Å²) in [6, 6.07) is 8.03. The third kappa shape index (κ3) is 4.30. The molecule has 8 heteroatoms. The number of nitrogens with zero attached hydrogens (tertiary/aromatic N) is 1. The Hall–Kier alpha value is -2.00. The Bertz CT molecular complexity index is 796. The number of phenolic OH excluding ortho intramolecular Hbond substituents is 1. The van der Waals surface area contributed by atoms with Gasteiger partial charge in [0.1, 0.15) is 5.75 Å². The van der Waals surface area contributed by atoms with Crippen LogP contribution >= 0.6 is 34.2 Å². The van der Waals surface area contributed by atoms with E-state index in [4.69, 9.17) is 21.1 Å². The van der Waals surface area contributed by atoms with Crippen molar-refractivity contribution in [2.24, 2.45) is 5.10 Å². The number of hydrogen-bond donors (Lipinski definition) is 2. The molecule has 6 nitrogen and oxygen atoms in total. The minimum atomic E-state index is -0.408. The van der Waals surface area contributed by atoms with Gasteiger partial charge in [0, 0.05) is 22.2 Å². The number of rotatable bonds is 5. The molecular weight excluding hydrogens is 447 g/mol. The molecule has 24 heavy (non-hydrogen) atoms. The number of phenols is 1. The molecular formula is C16H14ClIN2O4. The van der Waals surface area contributed by atoms with Gasteiger partial charge in [-0.15, -0.1) is 0 Å². The number of carbonyl (C=O) groups excluding carboxylic acids is 1. The maximum Gasteiger partial charge on any atom is 0.271 e. The summed E-state index contributed by atoms with van der Waals surface area (Å²) in [4.78, 5) is 12.1. The van der Waals surface area contributed by atoms with Crippen molar-refractivity contribution in [1.29, 1.82) is 0 Å².